The normalized spacial score (nSPS) is 16.6. The molecule has 1 aromatic heterocycles. The summed E-state index contributed by atoms with van der Waals surface area (Å²) in [5.74, 6) is 1.84. The van der Waals surface area contributed by atoms with Gasteiger partial charge in [0.25, 0.3) is 0 Å². The molecule has 1 N–H and O–H groups in total. The summed E-state index contributed by atoms with van der Waals surface area (Å²) in [6, 6.07) is 16.1. The SMILES string of the molecule is CC(C)Oc1cc(Nc2ncn(-c3ccccc3)n2)ccc1C1CCOC1. The summed E-state index contributed by atoms with van der Waals surface area (Å²) in [4.78, 5) is 4.36. The standard InChI is InChI=1S/C21H24N4O2/c1-15(2)27-20-12-17(8-9-19(20)16-10-11-26-13-16)23-21-22-14-25(24-21)18-6-4-3-5-7-18/h3-9,12,14-16H,10-11,13H2,1-2H3,(H,23,24). The molecule has 1 saturated heterocycles. The van der Waals surface area contributed by atoms with Gasteiger partial charge in [-0.15, -0.1) is 5.10 Å². The minimum atomic E-state index is 0.108. The number of nitrogens with one attached hydrogen (secondary N) is 1. The molecular formula is C21H24N4O2. The molecule has 4 rings (SSSR count). The van der Waals surface area contributed by atoms with Gasteiger partial charge in [0.15, 0.2) is 0 Å². The topological polar surface area (TPSA) is 61.2 Å². The van der Waals surface area contributed by atoms with Crippen molar-refractivity contribution in [3.63, 3.8) is 0 Å². The highest BCUT2D eigenvalue weighted by Gasteiger charge is 2.22. The average Bonchev–Trinajstić information content (AvgIpc) is 3.34. The minimum Gasteiger partial charge on any atom is -0.491 e. The Morgan fingerprint density at radius 2 is 2.04 bits per heavy atom. The maximum atomic E-state index is 6.07. The zero-order valence-corrected chi connectivity index (χ0v) is 15.6. The van der Waals surface area contributed by atoms with Gasteiger partial charge in [0.05, 0.1) is 18.4 Å². The molecule has 0 saturated carbocycles. The van der Waals surface area contributed by atoms with Crippen molar-refractivity contribution in [2.75, 3.05) is 18.5 Å². The molecule has 0 amide bonds. The highest BCUT2D eigenvalue weighted by molar-refractivity contribution is 5.58. The number of benzene rings is 2. The van der Waals surface area contributed by atoms with Crippen molar-refractivity contribution in [2.24, 2.45) is 0 Å². The Hall–Kier alpha value is -2.86. The van der Waals surface area contributed by atoms with Crippen LogP contribution in [-0.2, 0) is 4.74 Å². The van der Waals surface area contributed by atoms with E-state index < -0.39 is 0 Å². The van der Waals surface area contributed by atoms with Crippen LogP contribution in [0.3, 0.4) is 0 Å². The Balaban J connectivity index is 1.56. The largest absolute Gasteiger partial charge is 0.491 e. The van der Waals surface area contributed by atoms with Crippen molar-refractivity contribution in [2.45, 2.75) is 32.3 Å². The van der Waals surface area contributed by atoms with Gasteiger partial charge < -0.3 is 14.8 Å². The van der Waals surface area contributed by atoms with Crippen LogP contribution in [0.5, 0.6) is 5.75 Å². The van der Waals surface area contributed by atoms with Gasteiger partial charge in [0.1, 0.15) is 12.1 Å². The van der Waals surface area contributed by atoms with Crippen LogP contribution >= 0.6 is 0 Å². The Bertz CT molecular complexity index is 886. The number of ether oxygens (including phenoxy) is 2. The molecule has 6 heteroatoms. The molecule has 1 aliphatic rings. The van der Waals surface area contributed by atoms with E-state index in [0.29, 0.717) is 11.9 Å². The molecule has 0 radical (unpaired) electrons. The molecule has 1 atom stereocenters. The Kier molecular flexibility index (Phi) is 5.07. The van der Waals surface area contributed by atoms with Crippen LogP contribution in [0.2, 0.25) is 0 Å². The van der Waals surface area contributed by atoms with Gasteiger partial charge in [-0.05, 0) is 44.0 Å². The fourth-order valence-electron chi connectivity index (χ4n) is 3.24. The van der Waals surface area contributed by atoms with Crippen molar-refractivity contribution in [1.29, 1.82) is 0 Å². The van der Waals surface area contributed by atoms with E-state index in [1.54, 1.807) is 11.0 Å². The molecule has 3 aromatic rings. The van der Waals surface area contributed by atoms with Crippen molar-refractivity contribution in [3.8, 4) is 11.4 Å². The smallest absolute Gasteiger partial charge is 0.246 e. The summed E-state index contributed by atoms with van der Waals surface area (Å²) >= 11 is 0. The molecule has 1 aliphatic heterocycles. The van der Waals surface area contributed by atoms with E-state index in [1.165, 1.54) is 5.56 Å². The lowest BCUT2D eigenvalue weighted by atomic mass is 9.97. The van der Waals surface area contributed by atoms with Crippen LogP contribution in [0, 0.1) is 0 Å². The molecule has 0 spiro atoms. The van der Waals surface area contributed by atoms with Crippen LogP contribution in [-0.4, -0.2) is 34.1 Å². The molecule has 2 aromatic carbocycles. The van der Waals surface area contributed by atoms with E-state index in [0.717, 1.165) is 36.8 Å². The first-order chi connectivity index (χ1) is 13.2. The second kappa shape index (κ2) is 7.80. The monoisotopic (exact) mass is 364 g/mol. The lowest BCUT2D eigenvalue weighted by molar-refractivity contribution is 0.192. The maximum Gasteiger partial charge on any atom is 0.246 e. The molecule has 0 aliphatic carbocycles. The number of anilines is 2. The van der Waals surface area contributed by atoms with Crippen molar-refractivity contribution in [3.05, 3.63) is 60.4 Å². The van der Waals surface area contributed by atoms with Gasteiger partial charge in [-0.25, -0.2) is 4.68 Å². The van der Waals surface area contributed by atoms with Gasteiger partial charge in [0, 0.05) is 24.3 Å². The third-order valence-corrected chi connectivity index (χ3v) is 4.51. The van der Waals surface area contributed by atoms with Gasteiger partial charge in [-0.1, -0.05) is 24.3 Å². The molecule has 1 fully saturated rings. The predicted molar refractivity (Wildman–Crippen MR) is 105 cm³/mol. The highest BCUT2D eigenvalue weighted by atomic mass is 16.5. The van der Waals surface area contributed by atoms with Crippen LogP contribution in [0.25, 0.3) is 5.69 Å². The number of rotatable bonds is 6. The Morgan fingerprint density at radius 1 is 1.19 bits per heavy atom. The van der Waals surface area contributed by atoms with Crippen LogP contribution < -0.4 is 10.1 Å². The van der Waals surface area contributed by atoms with Crippen LogP contribution in [0.1, 0.15) is 31.7 Å². The van der Waals surface area contributed by atoms with Crippen molar-refractivity contribution >= 4 is 11.6 Å². The summed E-state index contributed by atoms with van der Waals surface area (Å²) in [6.07, 6.45) is 2.84. The lowest BCUT2D eigenvalue weighted by Crippen LogP contribution is -2.10. The van der Waals surface area contributed by atoms with E-state index >= 15 is 0 Å². The van der Waals surface area contributed by atoms with Gasteiger partial charge in [-0.3, -0.25) is 0 Å². The average molecular weight is 364 g/mol. The molecule has 27 heavy (non-hydrogen) atoms. The van der Waals surface area contributed by atoms with Crippen molar-refractivity contribution < 1.29 is 9.47 Å². The summed E-state index contributed by atoms with van der Waals surface area (Å²) < 4.78 is 13.4. The summed E-state index contributed by atoms with van der Waals surface area (Å²) in [7, 11) is 0. The Morgan fingerprint density at radius 3 is 2.78 bits per heavy atom. The third kappa shape index (κ3) is 4.11. The van der Waals surface area contributed by atoms with E-state index in [2.05, 4.69) is 21.5 Å². The van der Waals surface area contributed by atoms with Crippen LogP contribution in [0.15, 0.2) is 54.9 Å². The first-order valence-corrected chi connectivity index (χ1v) is 9.31. The fourth-order valence-corrected chi connectivity index (χ4v) is 3.24. The number of aromatic nitrogens is 3. The second-order valence-electron chi connectivity index (χ2n) is 6.95. The molecule has 0 bridgehead atoms. The molecule has 6 nitrogen and oxygen atoms in total. The first-order valence-electron chi connectivity index (χ1n) is 9.31. The number of hydrogen-bond donors (Lipinski definition) is 1. The van der Waals surface area contributed by atoms with Gasteiger partial charge in [-0.2, -0.15) is 4.98 Å². The summed E-state index contributed by atoms with van der Waals surface area (Å²) in [5, 5.41) is 7.77. The zero-order chi connectivity index (χ0) is 18.6. The number of para-hydroxylation sites is 1. The second-order valence-corrected chi connectivity index (χ2v) is 6.95. The molecule has 1 unspecified atom stereocenters. The van der Waals surface area contributed by atoms with E-state index in [-0.39, 0.29) is 6.10 Å². The van der Waals surface area contributed by atoms with Gasteiger partial charge in [0.2, 0.25) is 5.95 Å². The quantitative estimate of drug-likeness (QED) is 0.706. The maximum absolute atomic E-state index is 6.07. The fraction of sp³-hybridized carbons (Fsp3) is 0.333. The molecular weight excluding hydrogens is 340 g/mol. The third-order valence-electron chi connectivity index (χ3n) is 4.51. The van der Waals surface area contributed by atoms with E-state index in [1.807, 2.05) is 56.3 Å². The summed E-state index contributed by atoms with van der Waals surface area (Å²) in [5.41, 5.74) is 3.08. The highest BCUT2D eigenvalue weighted by Crippen LogP contribution is 2.35. The number of nitrogens with zero attached hydrogens (tertiary/aromatic N) is 3. The molecule has 2 heterocycles. The first kappa shape index (κ1) is 17.5. The predicted octanol–water partition coefficient (Wildman–Crippen LogP) is 4.30. The molecule has 140 valence electrons. The van der Waals surface area contributed by atoms with E-state index in [9.17, 15) is 0 Å². The van der Waals surface area contributed by atoms with Gasteiger partial charge >= 0.3 is 0 Å². The minimum absolute atomic E-state index is 0.108. The van der Waals surface area contributed by atoms with E-state index in [4.69, 9.17) is 9.47 Å². The zero-order valence-electron chi connectivity index (χ0n) is 15.6. The lowest BCUT2D eigenvalue weighted by Gasteiger charge is -2.18. The number of hydrogen-bond acceptors (Lipinski definition) is 5. The Labute approximate surface area is 159 Å². The summed E-state index contributed by atoms with van der Waals surface area (Å²) in [6.45, 7) is 5.65. The van der Waals surface area contributed by atoms with Crippen LogP contribution in [0.4, 0.5) is 11.6 Å². The van der Waals surface area contributed by atoms with Crippen molar-refractivity contribution in [1.82, 2.24) is 14.8 Å².